The molecule has 2 aromatic rings. The van der Waals surface area contributed by atoms with Gasteiger partial charge in [-0.2, -0.15) is 0 Å². The van der Waals surface area contributed by atoms with Crippen molar-refractivity contribution >= 4 is 11.5 Å². The Balaban J connectivity index is 1.41. The first kappa shape index (κ1) is 18.1. The van der Waals surface area contributed by atoms with Crippen LogP contribution in [-0.4, -0.2) is 52.0 Å². The van der Waals surface area contributed by atoms with Gasteiger partial charge in [0.2, 0.25) is 0 Å². The van der Waals surface area contributed by atoms with Gasteiger partial charge in [0, 0.05) is 43.8 Å². The second-order valence-electron chi connectivity index (χ2n) is 7.81. The summed E-state index contributed by atoms with van der Waals surface area (Å²) in [5.74, 6) is 1.01. The van der Waals surface area contributed by atoms with Crippen LogP contribution in [0.1, 0.15) is 29.1 Å². The Hall–Kier alpha value is -2.25. The highest BCUT2D eigenvalue weighted by Gasteiger charge is 2.41. The molecule has 1 aromatic carbocycles. The number of halogens is 1. The maximum absolute atomic E-state index is 14.6. The lowest BCUT2D eigenvalue weighted by molar-refractivity contribution is 0.143. The minimum atomic E-state index is -0.192. The molecular formula is C20H27FN6. The SMILES string of the molecule is Cc1nc(C)c(N)c(NCc2ccc(CN3C[C@@H]4C[C@H]3CN4C)cc2F)n1. The number of nitrogens with one attached hydrogen (secondary N) is 1. The van der Waals surface area contributed by atoms with Gasteiger partial charge in [0.05, 0.1) is 11.4 Å². The number of hydrogen-bond donors (Lipinski definition) is 2. The highest BCUT2D eigenvalue weighted by molar-refractivity contribution is 5.63. The van der Waals surface area contributed by atoms with Gasteiger partial charge >= 0.3 is 0 Å². The van der Waals surface area contributed by atoms with Gasteiger partial charge in [-0.05, 0) is 38.9 Å². The van der Waals surface area contributed by atoms with E-state index in [-0.39, 0.29) is 5.82 Å². The average Bonchev–Trinajstić information content (AvgIpc) is 3.17. The van der Waals surface area contributed by atoms with Gasteiger partial charge < -0.3 is 16.0 Å². The lowest BCUT2D eigenvalue weighted by Crippen LogP contribution is -2.43. The molecule has 2 aliphatic rings. The number of nitrogens with two attached hydrogens (primary N) is 1. The van der Waals surface area contributed by atoms with Gasteiger partial charge in [-0.25, -0.2) is 14.4 Å². The zero-order chi connectivity index (χ0) is 19.1. The van der Waals surface area contributed by atoms with Crippen LogP contribution >= 0.6 is 0 Å². The van der Waals surface area contributed by atoms with Gasteiger partial charge in [0.15, 0.2) is 5.82 Å². The molecule has 7 heteroatoms. The summed E-state index contributed by atoms with van der Waals surface area (Å²) in [6.45, 7) is 7.01. The Morgan fingerprint density at radius 1 is 1.22 bits per heavy atom. The summed E-state index contributed by atoms with van der Waals surface area (Å²) in [5, 5.41) is 3.14. The smallest absolute Gasteiger partial charge is 0.153 e. The van der Waals surface area contributed by atoms with E-state index >= 15 is 0 Å². The number of likely N-dealkylation sites (N-methyl/N-ethyl adjacent to an activating group) is 1. The average molecular weight is 370 g/mol. The van der Waals surface area contributed by atoms with E-state index in [9.17, 15) is 4.39 Å². The molecule has 144 valence electrons. The van der Waals surface area contributed by atoms with Crippen molar-refractivity contribution in [1.82, 2.24) is 19.8 Å². The molecule has 0 amide bonds. The molecule has 3 N–H and O–H groups in total. The van der Waals surface area contributed by atoms with Gasteiger partial charge in [0.1, 0.15) is 11.6 Å². The largest absolute Gasteiger partial charge is 0.394 e. The van der Waals surface area contributed by atoms with Crippen molar-refractivity contribution in [3.63, 3.8) is 0 Å². The summed E-state index contributed by atoms with van der Waals surface area (Å²) in [4.78, 5) is 13.4. The van der Waals surface area contributed by atoms with Crippen molar-refractivity contribution in [2.45, 2.75) is 45.4 Å². The number of aromatic nitrogens is 2. The number of nitrogen functional groups attached to an aromatic ring is 1. The van der Waals surface area contributed by atoms with E-state index < -0.39 is 0 Å². The molecule has 2 atom stereocenters. The Labute approximate surface area is 159 Å². The fourth-order valence-corrected chi connectivity index (χ4v) is 4.24. The first-order valence-corrected chi connectivity index (χ1v) is 9.47. The second kappa shape index (κ2) is 7.05. The number of anilines is 2. The van der Waals surface area contributed by atoms with Crippen LogP contribution in [0, 0.1) is 19.7 Å². The van der Waals surface area contributed by atoms with Crippen LogP contribution in [-0.2, 0) is 13.1 Å². The lowest BCUT2D eigenvalue weighted by atomic mass is 10.1. The molecule has 2 saturated heterocycles. The maximum Gasteiger partial charge on any atom is 0.153 e. The van der Waals surface area contributed by atoms with Crippen molar-refractivity contribution in [1.29, 1.82) is 0 Å². The quantitative estimate of drug-likeness (QED) is 0.842. The Kier molecular flexibility index (Phi) is 4.74. The highest BCUT2D eigenvalue weighted by Crippen LogP contribution is 2.30. The zero-order valence-corrected chi connectivity index (χ0v) is 16.2. The van der Waals surface area contributed by atoms with Crippen molar-refractivity contribution < 1.29 is 4.39 Å². The molecule has 1 aromatic heterocycles. The number of rotatable bonds is 5. The van der Waals surface area contributed by atoms with Crippen molar-refractivity contribution in [2.75, 3.05) is 31.2 Å². The van der Waals surface area contributed by atoms with Crippen LogP contribution in [0.2, 0.25) is 0 Å². The number of aryl methyl sites for hydroxylation is 2. The van der Waals surface area contributed by atoms with Gasteiger partial charge in [0.25, 0.3) is 0 Å². The summed E-state index contributed by atoms with van der Waals surface area (Å²) in [5.41, 5.74) is 8.89. The van der Waals surface area contributed by atoms with Crippen LogP contribution in [0.25, 0.3) is 0 Å². The molecule has 2 bridgehead atoms. The third-order valence-corrected chi connectivity index (χ3v) is 5.83. The fraction of sp³-hybridized carbons (Fsp3) is 0.500. The van der Waals surface area contributed by atoms with E-state index in [1.165, 1.54) is 6.42 Å². The Morgan fingerprint density at radius 3 is 2.70 bits per heavy atom. The number of likely N-dealkylation sites (tertiary alicyclic amines) is 2. The molecule has 27 heavy (non-hydrogen) atoms. The Bertz CT molecular complexity index is 853. The summed E-state index contributed by atoms with van der Waals surface area (Å²) >= 11 is 0. The molecule has 6 nitrogen and oxygen atoms in total. The van der Waals surface area contributed by atoms with Crippen LogP contribution in [0.5, 0.6) is 0 Å². The Morgan fingerprint density at radius 2 is 2.04 bits per heavy atom. The first-order valence-electron chi connectivity index (χ1n) is 9.47. The fourth-order valence-electron chi connectivity index (χ4n) is 4.24. The molecule has 3 heterocycles. The summed E-state index contributed by atoms with van der Waals surface area (Å²) in [7, 11) is 2.19. The van der Waals surface area contributed by atoms with Crippen molar-refractivity contribution in [3.8, 4) is 0 Å². The first-order chi connectivity index (χ1) is 12.9. The van der Waals surface area contributed by atoms with Crippen molar-refractivity contribution in [2.24, 2.45) is 0 Å². The molecule has 0 aliphatic carbocycles. The van der Waals surface area contributed by atoms with Gasteiger partial charge in [-0.3, -0.25) is 4.90 Å². The standard InChI is InChI=1S/C20H27FN6/c1-12-19(22)20(25-13(2)24-12)23-8-15-5-4-14(6-18(15)21)9-27-11-16-7-17(27)10-26(16)3/h4-6,16-17H,7-11,22H2,1-3H3,(H,23,24,25)/t16-,17-/m0/s1. The summed E-state index contributed by atoms with van der Waals surface area (Å²) in [6, 6.07) is 6.81. The summed E-state index contributed by atoms with van der Waals surface area (Å²) < 4.78 is 14.6. The number of piperazine rings is 1. The van der Waals surface area contributed by atoms with E-state index in [0.717, 1.165) is 30.9 Å². The third kappa shape index (κ3) is 3.61. The predicted octanol–water partition coefficient (Wildman–Crippen LogP) is 2.32. The topological polar surface area (TPSA) is 70.3 Å². The minimum Gasteiger partial charge on any atom is -0.394 e. The molecule has 4 rings (SSSR count). The van der Waals surface area contributed by atoms with Crippen LogP contribution < -0.4 is 11.1 Å². The molecule has 0 radical (unpaired) electrons. The number of fused-ring (bicyclic) bond motifs is 2. The molecule has 0 unspecified atom stereocenters. The molecule has 0 saturated carbocycles. The summed E-state index contributed by atoms with van der Waals surface area (Å²) in [6.07, 6.45) is 1.24. The minimum absolute atomic E-state index is 0.192. The monoisotopic (exact) mass is 370 g/mol. The van der Waals surface area contributed by atoms with Crippen LogP contribution in [0.4, 0.5) is 15.9 Å². The normalized spacial score (nSPS) is 22.5. The second-order valence-corrected chi connectivity index (χ2v) is 7.81. The van der Waals surface area contributed by atoms with E-state index in [1.807, 2.05) is 26.0 Å². The number of benzene rings is 1. The van der Waals surface area contributed by atoms with Crippen molar-refractivity contribution in [3.05, 3.63) is 46.7 Å². The van der Waals surface area contributed by atoms with Crippen LogP contribution in [0.3, 0.4) is 0 Å². The molecule has 0 spiro atoms. The highest BCUT2D eigenvalue weighted by atomic mass is 19.1. The lowest BCUT2D eigenvalue weighted by Gasteiger charge is -2.31. The van der Waals surface area contributed by atoms with E-state index in [0.29, 0.717) is 41.5 Å². The van der Waals surface area contributed by atoms with E-state index in [4.69, 9.17) is 5.73 Å². The van der Waals surface area contributed by atoms with Gasteiger partial charge in [-0.15, -0.1) is 0 Å². The molecular weight excluding hydrogens is 343 g/mol. The van der Waals surface area contributed by atoms with Crippen LogP contribution in [0.15, 0.2) is 18.2 Å². The molecule has 2 fully saturated rings. The zero-order valence-electron chi connectivity index (χ0n) is 16.2. The third-order valence-electron chi connectivity index (χ3n) is 5.83. The number of nitrogens with zero attached hydrogens (tertiary/aromatic N) is 4. The molecule has 2 aliphatic heterocycles. The number of hydrogen-bond acceptors (Lipinski definition) is 6. The van der Waals surface area contributed by atoms with E-state index in [2.05, 4.69) is 32.1 Å². The predicted molar refractivity (Wildman–Crippen MR) is 105 cm³/mol. The van der Waals surface area contributed by atoms with E-state index in [1.54, 1.807) is 6.07 Å². The maximum atomic E-state index is 14.6. The van der Waals surface area contributed by atoms with Gasteiger partial charge in [-0.1, -0.05) is 12.1 Å².